The molecule has 1 N–H and O–H groups in total. The number of nitrogens with zero attached hydrogens (tertiary/aromatic N) is 1. The van der Waals surface area contributed by atoms with Crippen molar-refractivity contribution >= 4 is 40.8 Å². The van der Waals surface area contributed by atoms with E-state index in [1.165, 1.54) is 22.4 Å². The Hall–Kier alpha value is -2.55. The number of aliphatic imine (C=N–C) groups is 1. The summed E-state index contributed by atoms with van der Waals surface area (Å²) in [5, 5.41) is 5.02. The molecule has 3 atom stereocenters. The van der Waals surface area contributed by atoms with Gasteiger partial charge in [0.25, 0.3) is 0 Å². The smallest absolute Gasteiger partial charge is 0.0630 e. The van der Waals surface area contributed by atoms with Crippen LogP contribution in [0.1, 0.15) is 40.6 Å². The maximum absolute atomic E-state index is 6.24. The van der Waals surface area contributed by atoms with Crippen LogP contribution in [-0.2, 0) is 0 Å². The topological polar surface area (TPSA) is 24.4 Å². The molecule has 0 unspecified atom stereocenters. The Morgan fingerprint density at radius 3 is 2.63 bits per heavy atom. The molecule has 1 heterocycles. The highest BCUT2D eigenvalue weighted by Crippen LogP contribution is 2.50. The fourth-order valence-corrected chi connectivity index (χ4v) is 5.02. The second-order valence-corrected chi connectivity index (χ2v) is 8.93. The summed E-state index contributed by atoms with van der Waals surface area (Å²) in [6.45, 7) is 2.16. The quantitative estimate of drug-likeness (QED) is 0.330. The zero-order valence-corrected chi connectivity index (χ0v) is 18.2. The lowest BCUT2D eigenvalue weighted by Crippen LogP contribution is -2.29. The molecule has 0 aromatic heterocycles. The number of hydrogen-bond donors (Lipinski definition) is 1. The molecule has 0 spiro atoms. The minimum absolute atomic E-state index is 0.295. The third-order valence-corrected chi connectivity index (χ3v) is 6.65. The largest absolute Gasteiger partial charge is 0.378 e. The van der Waals surface area contributed by atoms with E-state index in [-0.39, 0.29) is 0 Å². The van der Waals surface area contributed by atoms with E-state index in [9.17, 15) is 0 Å². The van der Waals surface area contributed by atoms with E-state index >= 15 is 0 Å². The first-order chi connectivity index (χ1) is 14.6. The van der Waals surface area contributed by atoms with E-state index in [4.69, 9.17) is 23.2 Å². The maximum Gasteiger partial charge on any atom is 0.0630 e. The van der Waals surface area contributed by atoms with Crippen molar-refractivity contribution < 1.29 is 0 Å². The fourth-order valence-electron chi connectivity index (χ4n) is 4.56. The lowest BCUT2D eigenvalue weighted by atomic mass is 9.76. The number of hydrogen-bond acceptors (Lipinski definition) is 2. The summed E-state index contributed by atoms with van der Waals surface area (Å²) < 4.78 is 0. The average Bonchev–Trinajstić information content (AvgIpc) is 3.23. The molecule has 30 heavy (non-hydrogen) atoms. The van der Waals surface area contributed by atoms with Gasteiger partial charge in [0.1, 0.15) is 0 Å². The zero-order chi connectivity index (χ0) is 20.7. The van der Waals surface area contributed by atoms with Crippen molar-refractivity contribution in [2.75, 3.05) is 5.32 Å². The Kier molecular flexibility index (Phi) is 5.14. The molecule has 0 radical (unpaired) electrons. The lowest BCUT2D eigenvalue weighted by Gasteiger charge is -2.37. The van der Waals surface area contributed by atoms with Gasteiger partial charge >= 0.3 is 0 Å². The van der Waals surface area contributed by atoms with Gasteiger partial charge in [-0.3, -0.25) is 4.99 Å². The van der Waals surface area contributed by atoms with Gasteiger partial charge in [0, 0.05) is 28.4 Å². The third-order valence-electron chi connectivity index (χ3n) is 6.09. The van der Waals surface area contributed by atoms with E-state index in [2.05, 4.69) is 71.8 Å². The molecule has 0 fully saturated rings. The summed E-state index contributed by atoms with van der Waals surface area (Å²) in [5.41, 5.74) is 7.03. The number of nitrogens with one attached hydrogen (secondary N) is 1. The Bertz CT molecular complexity index is 1150. The number of benzene rings is 3. The van der Waals surface area contributed by atoms with Crippen molar-refractivity contribution in [2.24, 2.45) is 10.9 Å². The Balaban J connectivity index is 1.39. The van der Waals surface area contributed by atoms with Gasteiger partial charge in [-0.2, -0.15) is 0 Å². The van der Waals surface area contributed by atoms with Gasteiger partial charge in [-0.1, -0.05) is 71.2 Å². The number of fused-ring (bicyclic) bond motifs is 3. The Labute approximate surface area is 187 Å². The van der Waals surface area contributed by atoms with Crippen LogP contribution in [0, 0.1) is 12.8 Å². The lowest BCUT2D eigenvalue weighted by molar-refractivity contribution is 0.425. The highest BCUT2D eigenvalue weighted by atomic mass is 35.5. The molecule has 1 aliphatic heterocycles. The molecule has 2 nitrogen and oxygen atoms in total. The van der Waals surface area contributed by atoms with Crippen LogP contribution in [0.15, 0.2) is 77.8 Å². The van der Waals surface area contributed by atoms with Crippen LogP contribution >= 0.6 is 23.2 Å². The second-order valence-electron chi connectivity index (χ2n) is 8.08. The Morgan fingerprint density at radius 1 is 1.00 bits per heavy atom. The number of rotatable bonds is 3. The van der Waals surface area contributed by atoms with Crippen molar-refractivity contribution in [2.45, 2.75) is 25.3 Å². The maximum atomic E-state index is 6.24. The van der Waals surface area contributed by atoms with Gasteiger partial charge < -0.3 is 5.32 Å². The van der Waals surface area contributed by atoms with Crippen molar-refractivity contribution in [3.8, 4) is 0 Å². The molecule has 4 heteroatoms. The summed E-state index contributed by atoms with van der Waals surface area (Å²) in [4.78, 5) is 4.58. The van der Waals surface area contributed by atoms with Crippen LogP contribution < -0.4 is 5.32 Å². The highest BCUT2D eigenvalue weighted by molar-refractivity contribution is 6.36. The molecule has 150 valence electrons. The van der Waals surface area contributed by atoms with Gasteiger partial charge in [-0.25, -0.2) is 0 Å². The van der Waals surface area contributed by atoms with Gasteiger partial charge in [-0.05, 0) is 60.7 Å². The average molecular weight is 433 g/mol. The monoisotopic (exact) mass is 432 g/mol. The normalized spacial score (nSPS) is 22.0. The SMILES string of the molecule is Cc1ccc2c(c1)[C@@H]1C=CC[C@H]1[C@H](c1ccc(N=Cc3ccc(Cl)cc3Cl)cc1)N2. The number of halogens is 2. The molecular weight excluding hydrogens is 411 g/mol. The van der Waals surface area contributed by atoms with Crippen molar-refractivity contribution in [1.29, 1.82) is 0 Å². The van der Waals surface area contributed by atoms with Gasteiger partial charge in [0.2, 0.25) is 0 Å². The first-order valence-electron chi connectivity index (χ1n) is 10.2. The zero-order valence-electron chi connectivity index (χ0n) is 16.6. The van der Waals surface area contributed by atoms with E-state index < -0.39 is 0 Å². The van der Waals surface area contributed by atoms with Crippen molar-refractivity contribution in [3.63, 3.8) is 0 Å². The number of aryl methyl sites for hydroxylation is 1. The minimum Gasteiger partial charge on any atom is -0.378 e. The van der Waals surface area contributed by atoms with E-state index in [0.717, 1.165) is 17.7 Å². The highest BCUT2D eigenvalue weighted by Gasteiger charge is 2.37. The molecule has 0 saturated heterocycles. The first kappa shape index (κ1) is 19.4. The molecular formula is C26H22Cl2N2. The van der Waals surface area contributed by atoms with Crippen LogP contribution in [0.2, 0.25) is 10.0 Å². The van der Waals surface area contributed by atoms with E-state index in [1.54, 1.807) is 12.3 Å². The summed E-state index contributed by atoms with van der Waals surface area (Å²) in [7, 11) is 0. The van der Waals surface area contributed by atoms with Crippen LogP contribution in [-0.4, -0.2) is 6.21 Å². The molecule has 0 bridgehead atoms. The molecule has 0 saturated carbocycles. The molecule has 5 rings (SSSR count). The summed E-state index contributed by atoms with van der Waals surface area (Å²) in [5.74, 6) is 1.03. The first-order valence-corrected chi connectivity index (χ1v) is 11.0. The minimum atomic E-state index is 0.295. The van der Waals surface area contributed by atoms with Crippen LogP contribution in [0.4, 0.5) is 11.4 Å². The van der Waals surface area contributed by atoms with Crippen LogP contribution in [0.5, 0.6) is 0 Å². The second kappa shape index (κ2) is 7.94. The van der Waals surface area contributed by atoms with Crippen molar-refractivity contribution in [1.82, 2.24) is 0 Å². The fraction of sp³-hybridized carbons (Fsp3) is 0.192. The summed E-state index contributed by atoms with van der Waals surface area (Å²) >= 11 is 12.2. The van der Waals surface area contributed by atoms with E-state index in [0.29, 0.717) is 27.9 Å². The summed E-state index contributed by atoms with van der Waals surface area (Å²) in [6.07, 6.45) is 7.59. The predicted octanol–water partition coefficient (Wildman–Crippen LogP) is 7.88. The predicted molar refractivity (Wildman–Crippen MR) is 128 cm³/mol. The third kappa shape index (κ3) is 3.66. The standard InChI is InChI=1S/C26H22Cl2N2/c1-16-5-12-25-23(13-16)21-3-2-4-22(21)26(30-25)17-7-10-20(11-8-17)29-15-18-6-9-19(27)14-24(18)28/h2-3,5-15,21-22,26,30H,4H2,1H3/t21-,22-,26+/m1/s1. The van der Waals surface area contributed by atoms with Gasteiger partial charge in [-0.15, -0.1) is 0 Å². The van der Waals surface area contributed by atoms with Gasteiger partial charge in [0.15, 0.2) is 0 Å². The molecule has 3 aromatic carbocycles. The van der Waals surface area contributed by atoms with Crippen LogP contribution in [0.25, 0.3) is 0 Å². The molecule has 1 aliphatic carbocycles. The van der Waals surface area contributed by atoms with Crippen molar-refractivity contribution in [3.05, 3.63) is 105 Å². The molecule has 2 aliphatic rings. The molecule has 3 aromatic rings. The number of anilines is 1. The molecule has 0 amide bonds. The van der Waals surface area contributed by atoms with Gasteiger partial charge in [0.05, 0.1) is 16.8 Å². The summed E-state index contributed by atoms with van der Waals surface area (Å²) in [6, 6.07) is 20.9. The number of allylic oxidation sites excluding steroid dienone is 2. The van der Waals surface area contributed by atoms with E-state index in [1.807, 2.05) is 12.1 Å². The Morgan fingerprint density at radius 2 is 1.83 bits per heavy atom. The van der Waals surface area contributed by atoms with Crippen LogP contribution in [0.3, 0.4) is 0 Å².